The number of likely N-dealkylation sites (tertiary alicyclic amines) is 1. The second-order valence-electron chi connectivity index (χ2n) is 12.9. The second kappa shape index (κ2) is 16.0. The maximum absolute atomic E-state index is 14.6. The van der Waals surface area contributed by atoms with Crippen LogP contribution in [0.25, 0.3) is 10.8 Å². The lowest BCUT2D eigenvalue weighted by atomic mass is 9.98. The van der Waals surface area contributed by atoms with Crippen LogP contribution in [0, 0.1) is 5.82 Å². The third-order valence-electron chi connectivity index (χ3n) is 9.63. The van der Waals surface area contributed by atoms with E-state index in [0.717, 1.165) is 53.3 Å². The van der Waals surface area contributed by atoms with Gasteiger partial charge in [0, 0.05) is 51.6 Å². The van der Waals surface area contributed by atoms with Gasteiger partial charge in [-0.2, -0.15) is 0 Å². The maximum atomic E-state index is 14.6. The van der Waals surface area contributed by atoms with Gasteiger partial charge in [0.25, 0.3) is 5.91 Å². The Labute approximate surface area is 282 Å². The fourth-order valence-corrected chi connectivity index (χ4v) is 6.62. The van der Waals surface area contributed by atoms with Gasteiger partial charge in [-0.15, -0.1) is 0 Å². The van der Waals surface area contributed by atoms with Gasteiger partial charge >= 0.3 is 0 Å². The molecular formula is C39H46FN5O3. The van der Waals surface area contributed by atoms with E-state index in [0.29, 0.717) is 18.2 Å². The lowest BCUT2D eigenvalue weighted by molar-refractivity contribution is -0.142. The first-order chi connectivity index (χ1) is 23.1. The zero-order valence-corrected chi connectivity index (χ0v) is 28.1. The van der Waals surface area contributed by atoms with Gasteiger partial charge in [-0.1, -0.05) is 66.7 Å². The Morgan fingerprint density at radius 3 is 2.27 bits per heavy atom. The molecule has 3 atom stereocenters. The van der Waals surface area contributed by atoms with Gasteiger partial charge in [0.2, 0.25) is 11.8 Å². The first-order valence-corrected chi connectivity index (χ1v) is 16.7. The number of amides is 3. The minimum Gasteiger partial charge on any atom is -0.354 e. The zero-order chi connectivity index (χ0) is 34.2. The molecule has 0 spiro atoms. The molecule has 0 bridgehead atoms. The van der Waals surface area contributed by atoms with Crippen molar-refractivity contribution >= 4 is 28.5 Å². The van der Waals surface area contributed by atoms with E-state index < -0.39 is 12.1 Å². The molecule has 1 aliphatic rings. The molecule has 3 N–H and O–H groups in total. The summed E-state index contributed by atoms with van der Waals surface area (Å²) in [6, 6.07) is 25.7. The van der Waals surface area contributed by atoms with Crippen LogP contribution in [-0.4, -0.2) is 84.8 Å². The van der Waals surface area contributed by atoms with Crippen molar-refractivity contribution in [3.05, 3.63) is 119 Å². The fraction of sp³-hybridized carbons (Fsp3) is 0.359. The smallest absolute Gasteiger partial charge is 0.254 e. The quantitative estimate of drug-likeness (QED) is 0.217. The molecule has 252 valence electrons. The molecule has 0 aliphatic carbocycles. The summed E-state index contributed by atoms with van der Waals surface area (Å²) in [5.74, 6) is -1.35. The number of nitrogens with zero attached hydrogens (tertiary/aromatic N) is 3. The number of benzene rings is 4. The molecule has 1 saturated heterocycles. The standard InChI is InChI=1S/C39H46FN5O3/c1-43-21-7-12-34(43)19-20-42-37(46)35(24-27-14-17-33(40)18-15-27)44(2)39(48)36(25-28-13-16-30-9-4-5-10-31(30)22-28)45(3)38(47)32-11-6-8-29(23-32)26-41/h4-6,8-11,13-18,22-23,34-36H,7,12,19-21,24-26,41H2,1-3H3,(H,42,46)/t34?,35-,36-/m1/s1. The predicted octanol–water partition coefficient (Wildman–Crippen LogP) is 4.79. The summed E-state index contributed by atoms with van der Waals surface area (Å²) in [6.45, 7) is 1.81. The molecule has 9 heteroatoms. The SMILES string of the molecule is CN1CCCC1CCNC(=O)[C@@H](Cc1ccc(F)cc1)N(C)C(=O)[C@@H](Cc1ccc2ccccc2c1)N(C)C(=O)c1cccc(CN)c1. The Balaban J connectivity index is 1.44. The molecule has 48 heavy (non-hydrogen) atoms. The van der Waals surface area contributed by atoms with E-state index in [1.54, 1.807) is 44.4 Å². The fourth-order valence-electron chi connectivity index (χ4n) is 6.62. The first-order valence-electron chi connectivity index (χ1n) is 16.7. The number of likely N-dealkylation sites (N-methyl/N-ethyl adjacent to an activating group) is 2. The molecule has 1 heterocycles. The van der Waals surface area contributed by atoms with E-state index in [1.807, 2.05) is 48.5 Å². The topological polar surface area (TPSA) is 99.0 Å². The number of halogens is 1. The Bertz CT molecular complexity index is 1730. The van der Waals surface area contributed by atoms with Crippen molar-refractivity contribution < 1.29 is 18.8 Å². The van der Waals surface area contributed by atoms with Gasteiger partial charge < -0.3 is 25.8 Å². The van der Waals surface area contributed by atoms with Crippen LogP contribution in [0.2, 0.25) is 0 Å². The van der Waals surface area contributed by atoms with E-state index in [1.165, 1.54) is 21.9 Å². The number of hydrogen-bond donors (Lipinski definition) is 2. The van der Waals surface area contributed by atoms with E-state index in [-0.39, 0.29) is 42.9 Å². The van der Waals surface area contributed by atoms with Gasteiger partial charge in [-0.25, -0.2) is 4.39 Å². The van der Waals surface area contributed by atoms with Crippen LogP contribution < -0.4 is 11.1 Å². The largest absolute Gasteiger partial charge is 0.354 e. The zero-order valence-electron chi connectivity index (χ0n) is 28.1. The van der Waals surface area contributed by atoms with Crippen molar-refractivity contribution in [2.45, 2.75) is 56.8 Å². The number of nitrogens with one attached hydrogen (secondary N) is 1. The molecule has 1 unspecified atom stereocenters. The summed E-state index contributed by atoms with van der Waals surface area (Å²) in [5, 5.41) is 5.17. The minimum atomic E-state index is -0.916. The van der Waals surface area contributed by atoms with E-state index in [9.17, 15) is 18.8 Å². The summed E-state index contributed by atoms with van der Waals surface area (Å²) in [6.07, 6.45) is 3.48. The highest BCUT2D eigenvalue weighted by Gasteiger charge is 2.35. The molecule has 1 fully saturated rings. The van der Waals surface area contributed by atoms with Crippen LogP contribution in [-0.2, 0) is 29.0 Å². The van der Waals surface area contributed by atoms with Gasteiger partial charge in [-0.3, -0.25) is 14.4 Å². The average molecular weight is 652 g/mol. The number of fused-ring (bicyclic) bond motifs is 1. The predicted molar refractivity (Wildman–Crippen MR) is 188 cm³/mol. The van der Waals surface area contributed by atoms with E-state index in [4.69, 9.17) is 5.73 Å². The Hall–Kier alpha value is -4.60. The molecule has 8 nitrogen and oxygen atoms in total. The van der Waals surface area contributed by atoms with Gasteiger partial charge in [0.15, 0.2) is 0 Å². The summed E-state index contributed by atoms with van der Waals surface area (Å²) in [4.78, 5) is 47.6. The lowest BCUT2D eigenvalue weighted by Gasteiger charge is -2.35. The van der Waals surface area contributed by atoms with Crippen LogP contribution in [0.15, 0.2) is 91.0 Å². The third kappa shape index (κ3) is 8.45. The molecule has 0 saturated carbocycles. The summed E-state index contributed by atoms with van der Waals surface area (Å²) < 4.78 is 13.8. The highest BCUT2D eigenvalue weighted by atomic mass is 19.1. The van der Waals surface area contributed by atoms with Crippen LogP contribution >= 0.6 is 0 Å². The van der Waals surface area contributed by atoms with Gasteiger partial charge in [0.05, 0.1) is 0 Å². The first kappa shape index (κ1) is 34.7. The molecule has 4 aromatic rings. The van der Waals surface area contributed by atoms with Crippen molar-refractivity contribution in [1.29, 1.82) is 0 Å². The van der Waals surface area contributed by atoms with Crippen LogP contribution in [0.4, 0.5) is 4.39 Å². The van der Waals surface area contributed by atoms with E-state index in [2.05, 4.69) is 17.3 Å². The highest BCUT2D eigenvalue weighted by Crippen LogP contribution is 2.22. The Kier molecular flexibility index (Phi) is 11.6. The Morgan fingerprint density at radius 2 is 1.56 bits per heavy atom. The minimum absolute atomic E-state index is 0.191. The number of nitrogens with two attached hydrogens (primary N) is 1. The number of hydrogen-bond acceptors (Lipinski definition) is 5. The number of rotatable bonds is 13. The van der Waals surface area contributed by atoms with Crippen molar-refractivity contribution in [2.24, 2.45) is 5.73 Å². The van der Waals surface area contributed by atoms with Gasteiger partial charge in [0.1, 0.15) is 17.9 Å². The van der Waals surface area contributed by atoms with Gasteiger partial charge in [-0.05, 0) is 84.6 Å². The normalized spacial score (nSPS) is 16.0. The molecule has 0 aromatic heterocycles. The lowest BCUT2D eigenvalue weighted by Crippen LogP contribution is -2.56. The number of carbonyl (C=O) groups is 3. The van der Waals surface area contributed by atoms with E-state index >= 15 is 0 Å². The molecular weight excluding hydrogens is 605 g/mol. The van der Waals surface area contributed by atoms with Crippen LogP contribution in [0.1, 0.15) is 46.3 Å². The van der Waals surface area contributed by atoms with Crippen molar-refractivity contribution in [2.75, 3.05) is 34.2 Å². The third-order valence-corrected chi connectivity index (χ3v) is 9.63. The van der Waals surface area contributed by atoms with Crippen molar-refractivity contribution in [1.82, 2.24) is 20.0 Å². The summed E-state index contributed by atoms with van der Waals surface area (Å²) in [7, 11) is 5.34. The van der Waals surface area contributed by atoms with Crippen LogP contribution in [0.3, 0.4) is 0 Å². The highest BCUT2D eigenvalue weighted by molar-refractivity contribution is 5.98. The average Bonchev–Trinajstić information content (AvgIpc) is 3.52. The molecule has 3 amide bonds. The van der Waals surface area contributed by atoms with Crippen molar-refractivity contribution in [3.63, 3.8) is 0 Å². The van der Waals surface area contributed by atoms with Crippen LogP contribution in [0.5, 0.6) is 0 Å². The number of carbonyl (C=O) groups excluding carboxylic acids is 3. The molecule has 1 aliphatic heterocycles. The summed E-state index contributed by atoms with van der Waals surface area (Å²) >= 11 is 0. The Morgan fingerprint density at radius 1 is 0.854 bits per heavy atom. The summed E-state index contributed by atoms with van der Waals surface area (Å²) in [5.41, 5.74) is 8.70. The molecule has 0 radical (unpaired) electrons. The monoisotopic (exact) mass is 651 g/mol. The second-order valence-corrected chi connectivity index (χ2v) is 12.9. The maximum Gasteiger partial charge on any atom is 0.254 e. The molecule has 4 aromatic carbocycles. The van der Waals surface area contributed by atoms with Crippen molar-refractivity contribution in [3.8, 4) is 0 Å². The molecule has 5 rings (SSSR count).